The highest BCUT2D eigenvalue weighted by Gasteiger charge is 2.23. The number of Topliss-reactive ketones (excluding diaryl/α,β-unsaturated/α-hetero) is 1. The van der Waals surface area contributed by atoms with Crippen molar-refractivity contribution in [1.82, 2.24) is 5.32 Å². The van der Waals surface area contributed by atoms with Gasteiger partial charge in [-0.1, -0.05) is 12.5 Å². The van der Waals surface area contributed by atoms with Crippen LogP contribution in [0.3, 0.4) is 0 Å². The van der Waals surface area contributed by atoms with Crippen molar-refractivity contribution < 1.29 is 4.79 Å². The van der Waals surface area contributed by atoms with Gasteiger partial charge in [-0.15, -0.1) is 0 Å². The molecule has 1 heterocycles. The minimum atomic E-state index is 0.267. The number of hydrogen-bond donors (Lipinski definition) is 1. The molecule has 2 aliphatic rings. The molecule has 84 valence electrons. The lowest BCUT2D eigenvalue weighted by atomic mass is 9.89. The Hall–Kier alpha value is -0.630. The van der Waals surface area contributed by atoms with Gasteiger partial charge in [0.2, 0.25) is 0 Å². The van der Waals surface area contributed by atoms with Crippen molar-refractivity contribution in [2.24, 2.45) is 5.92 Å². The van der Waals surface area contributed by atoms with E-state index >= 15 is 0 Å². The van der Waals surface area contributed by atoms with Crippen LogP contribution in [0.2, 0.25) is 0 Å². The zero-order valence-electron chi connectivity index (χ0n) is 9.43. The highest BCUT2D eigenvalue weighted by Crippen LogP contribution is 2.23. The van der Waals surface area contributed by atoms with E-state index in [0.717, 1.165) is 44.3 Å². The zero-order chi connectivity index (χ0) is 10.5. The first-order chi connectivity index (χ1) is 7.38. The van der Waals surface area contributed by atoms with Crippen LogP contribution >= 0.6 is 0 Å². The van der Waals surface area contributed by atoms with E-state index in [9.17, 15) is 4.79 Å². The Morgan fingerprint density at radius 3 is 3.00 bits per heavy atom. The first kappa shape index (κ1) is 10.9. The highest BCUT2D eigenvalue weighted by atomic mass is 16.1. The second-order valence-corrected chi connectivity index (χ2v) is 4.74. The molecular weight excluding hydrogens is 186 g/mol. The summed E-state index contributed by atoms with van der Waals surface area (Å²) >= 11 is 0. The Morgan fingerprint density at radius 1 is 1.27 bits per heavy atom. The second kappa shape index (κ2) is 5.45. The Morgan fingerprint density at radius 2 is 2.20 bits per heavy atom. The molecular formula is C13H21NO. The summed E-state index contributed by atoms with van der Waals surface area (Å²) in [6, 6.07) is 0. The summed E-state index contributed by atoms with van der Waals surface area (Å²) < 4.78 is 0. The van der Waals surface area contributed by atoms with Gasteiger partial charge in [0, 0.05) is 12.5 Å². The van der Waals surface area contributed by atoms with Crippen LogP contribution in [-0.2, 0) is 4.79 Å². The molecule has 1 N–H and O–H groups in total. The standard InChI is InChI=1S/C13H21NO/c15-13(12-8-5-9-14-10-12)11-6-3-1-2-4-7-11/h6,12,14H,1-5,7-10H2. The number of allylic oxidation sites excluding steroid dienone is 2. The van der Waals surface area contributed by atoms with Crippen molar-refractivity contribution in [2.75, 3.05) is 13.1 Å². The average molecular weight is 207 g/mol. The number of hydrogen-bond acceptors (Lipinski definition) is 2. The van der Waals surface area contributed by atoms with Gasteiger partial charge in [-0.25, -0.2) is 0 Å². The molecule has 1 aliphatic heterocycles. The minimum Gasteiger partial charge on any atom is -0.316 e. The monoisotopic (exact) mass is 207 g/mol. The van der Waals surface area contributed by atoms with Crippen molar-refractivity contribution in [3.05, 3.63) is 11.6 Å². The molecule has 0 radical (unpaired) electrons. The van der Waals surface area contributed by atoms with Crippen LogP contribution in [0.1, 0.15) is 44.9 Å². The summed E-state index contributed by atoms with van der Waals surface area (Å²) in [6.45, 7) is 1.99. The van der Waals surface area contributed by atoms with Crippen LogP contribution in [0.15, 0.2) is 11.6 Å². The van der Waals surface area contributed by atoms with Gasteiger partial charge in [0.15, 0.2) is 5.78 Å². The van der Waals surface area contributed by atoms with Gasteiger partial charge < -0.3 is 5.32 Å². The van der Waals surface area contributed by atoms with Gasteiger partial charge in [-0.05, 0) is 50.6 Å². The summed E-state index contributed by atoms with van der Waals surface area (Å²) in [6.07, 6.45) is 10.3. The number of ketones is 1. The quantitative estimate of drug-likeness (QED) is 0.753. The van der Waals surface area contributed by atoms with E-state index in [4.69, 9.17) is 0 Å². The summed E-state index contributed by atoms with van der Waals surface area (Å²) in [5, 5.41) is 3.32. The van der Waals surface area contributed by atoms with Gasteiger partial charge in [0.1, 0.15) is 0 Å². The van der Waals surface area contributed by atoms with Gasteiger partial charge in [-0.3, -0.25) is 4.79 Å². The Kier molecular flexibility index (Phi) is 3.95. The number of nitrogens with one attached hydrogen (secondary N) is 1. The van der Waals surface area contributed by atoms with Crippen LogP contribution in [0.25, 0.3) is 0 Å². The predicted molar refractivity (Wildman–Crippen MR) is 61.8 cm³/mol. The fourth-order valence-electron chi connectivity index (χ4n) is 2.58. The molecule has 0 spiro atoms. The maximum absolute atomic E-state index is 12.2. The van der Waals surface area contributed by atoms with Gasteiger partial charge in [0.25, 0.3) is 0 Å². The number of piperidine rings is 1. The topological polar surface area (TPSA) is 29.1 Å². The predicted octanol–water partition coefficient (Wildman–Crippen LogP) is 2.45. The SMILES string of the molecule is O=C(C1=CCCCCC1)C1CCCNC1. The number of rotatable bonds is 2. The second-order valence-electron chi connectivity index (χ2n) is 4.74. The number of carbonyl (C=O) groups is 1. The first-order valence-electron chi connectivity index (χ1n) is 6.32. The molecule has 1 atom stereocenters. The van der Waals surface area contributed by atoms with E-state index in [-0.39, 0.29) is 5.92 Å². The van der Waals surface area contributed by atoms with Crippen LogP contribution in [-0.4, -0.2) is 18.9 Å². The first-order valence-corrected chi connectivity index (χ1v) is 6.32. The molecule has 0 aromatic heterocycles. The molecule has 0 amide bonds. The van der Waals surface area contributed by atoms with Crippen LogP contribution < -0.4 is 5.32 Å². The Bertz CT molecular complexity index is 251. The molecule has 1 aliphatic carbocycles. The molecule has 1 unspecified atom stereocenters. The van der Waals surface area contributed by atoms with Crippen molar-refractivity contribution in [1.29, 1.82) is 0 Å². The summed E-state index contributed by atoms with van der Waals surface area (Å²) in [5.41, 5.74) is 1.13. The van der Waals surface area contributed by atoms with E-state index < -0.39 is 0 Å². The van der Waals surface area contributed by atoms with Crippen LogP contribution in [0.4, 0.5) is 0 Å². The molecule has 1 fully saturated rings. The third kappa shape index (κ3) is 2.91. The molecule has 0 aromatic carbocycles. The van der Waals surface area contributed by atoms with Crippen LogP contribution in [0.5, 0.6) is 0 Å². The summed E-state index contributed by atoms with van der Waals surface area (Å²) in [7, 11) is 0. The average Bonchev–Trinajstić information content (AvgIpc) is 2.58. The smallest absolute Gasteiger partial charge is 0.162 e. The number of carbonyl (C=O) groups excluding carboxylic acids is 1. The molecule has 2 nitrogen and oxygen atoms in total. The molecule has 0 aromatic rings. The largest absolute Gasteiger partial charge is 0.316 e. The van der Waals surface area contributed by atoms with E-state index in [0.29, 0.717) is 5.78 Å². The van der Waals surface area contributed by atoms with Gasteiger partial charge >= 0.3 is 0 Å². The molecule has 2 rings (SSSR count). The van der Waals surface area contributed by atoms with Crippen molar-refractivity contribution in [2.45, 2.75) is 44.9 Å². The molecule has 0 saturated carbocycles. The molecule has 15 heavy (non-hydrogen) atoms. The summed E-state index contributed by atoms with van der Waals surface area (Å²) in [4.78, 5) is 12.2. The highest BCUT2D eigenvalue weighted by molar-refractivity contribution is 5.97. The lowest BCUT2D eigenvalue weighted by Crippen LogP contribution is -2.35. The lowest BCUT2D eigenvalue weighted by molar-refractivity contribution is -0.119. The maximum atomic E-state index is 12.2. The fraction of sp³-hybridized carbons (Fsp3) is 0.769. The van der Waals surface area contributed by atoms with Crippen molar-refractivity contribution in [3.63, 3.8) is 0 Å². The zero-order valence-corrected chi connectivity index (χ0v) is 9.43. The Balaban J connectivity index is 1.95. The van der Waals surface area contributed by atoms with Crippen molar-refractivity contribution >= 4 is 5.78 Å². The van der Waals surface area contributed by atoms with E-state index in [1.807, 2.05) is 0 Å². The molecule has 1 saturated heterocycles. The molecule has 2 heteroatoms. The summed E-state index contributed by atoms with van der Waals surface area (Å²) in [5.74, 6) is 0.701. The van der Waals surface area contributed by atoms with Gasteiger partial charge in [-0.2, -0.15) is 0 Å². The van der Waals surface area contributed by atoms with Gasteiger partial charge in [0.05, 0.1) is 0 Å². The van der Waals surface area contributed by atoms with Crippen molar-refractivity contribution in [3.8, 4) is 0 Å². The lowest BCUT2D eigenvalue weighted by Gasteiger charge is -2.22. The van der Waals surface area contributed by atoms with Crippen LogP contribution in [0, 0.1) is 5.92 Å². The van der Waals surface area contributed by atoms with E-state index in [1.54, 1.807) is 0 Å². The normalized spacial score (nSPS) is 28.0. The Labute approximate surface area is 92.1 Å². The maximum Gasteiger partial charge on any atom is 0.162 e. The minimum absolute atomic E-state index is 0.267. The fourth-order valence-corrected chi connectivity index (χ4v) is 2.58. The third-order valence-electron chi connectivity index (χ3n) is 3.53. The van der Waals surface area contributed by atoms with E-state index in [1.165, 1.54) is 19.3 Å². The third-order valence-corrected chi connectivity index (χ3v) is 3.53. The molecule has 0 bridgehead atoms. The van der Waals surface area contributed by atoms with E-state index in [2.05, 4.69) is 11.4 Å².